The molecule has 2 amide bonds. The summed E-state index contributed by atoms with van der Waals surface area (Å²) in [7, 11) is 1.29. The summed E-state index contributed by atoms with van der Waals surface area (Å²) >= 11 is 0. The second kappa shape index (κ2) is 16.7. The molecule has 1 N–H and O–H groups in total. The normalized spacial score (nSPS) is 12.4. The Kier molecular flexibility index (Phi) is 13.1. The quantitative estimate of drug-likeness (QED) is 0.222. The summed E-state index contributed by atoms with van der Waals surface area (Å²) in [6, 6.07) is 17.5. The highest BCUT2D eigenvalue weighted by Gasteiger charge is 2.35. The number of ether oxygens (including phenoxy) is 4. The second-order valence-electron chi connectivity index (χ2n) is 10.6. The van der Waals surface area contributed by atoms with E-state index in [0.717, 1.165) is 9.87 Å². The first-order valence-corrected chi connectivity index (χ1v) is 16.6. The highest BCUT2D eigenvalue weighted by molar-refractivity contribution is 7.92. The third-order valence-corrected chi connectivity index (χ3v) is 9.50. The zero-order chi connectivity index (χ0) is 33.9. The SMILES string of the molecule is CCC(C)NC(=O)C(CC)N(CCc1ccccc1)C(=O)CN(c1cc(OC)ccc1OC)S(=O)(=O)c1ccc(OC)c(OC)c1. The first-order valence-electron chi connectivity index (χ1n) is 15.1. The maximum atomic E-state index is 14.4. The van der Waals surface area contributed by atoms with E-state index in [2.05, 4.69) is 5.32 Å². The van der Waals surface area contributed by atoms with Gasteiger partial charge in [0.1, 0.15) is 24.1 Å². The van der Waals surface area contributed by atoms with Crippen molar-refractivity contribution in [3.8, 4) is 23.0 Å². The Morgan fingerprint density at radius 1 is 0.804 bits per heavy atom. The molecule has 3 rings (SSSR count). The molecular formula is C34H45N3O8S. The number of nitrogens with one attached hydrogen (secondary N) is 1. The van der Waals surface area contributed by atoms with Crippen LogP contribution in [-0.4, -0.2) is 78.7 Å². The number of sulfonamides is 1. The summed E-state index contributed by atoms with van der Waals surface area (Å²) < 4.78 is 51.5. The number of carbonyl (C=O) groups excluding carboxylic acids is 2. The number of anilines is 1. The Bertz CT molecular complexity index is 1570. The standard InChI is InChI=1S/C34H45N3O8S/c1-8-24(3)35-34(39)28(9-2)36(20-19-25-13-11-10-12-14-25)33(38)23-37(29-21-26(42-4)15-17-30(29)43-5)46(40,41)27-16-18-31(44-6)32(22-27)45-7/h10-18,21-22,24,28H,8-9,19-20,23H2,1-7H3,(H,35,39). The number of carbonyl (C=O) groups is 2. The fourth-order valence-corrected chi connectivity index (χ4v) is 6.38. The molecule has 0 bridgehead atoms. The molecule has 3 aromatic carbocycles. The molecule has 250 valence electrons. The van der Waals surface area contributed by atoms with Gasteiger partial charge in [0.05, 0.1) is 39.0 Å². The van der Waals surface area contributed by atoms with Gasteiger partial charge in [0, 0.05) is 24.7 Å². The summed E-state index contributed by atoms with van der Waals surface area (Å²) in [5.74, 6) is 0.242. The molecule has 0 saturated carbocycles. The summed E-state index contributed by atoms with van der Waals surface area (Å²) in [5, 5.41) is 2.99. The molecule has 0 aliphatic rings. The zero-order valence-corrected chi connectivity index (χ0v) is 28.4. The van der Waals surface area contributed by atoms with Crippen LogP contribution < -0.4 is 28.6 Å². The van der Waals surface area contributed by atoms with Gasteiger partial charge in [-0.3, -0.25) is 13.9 Å². The third-order valence-electron chi connectivity index (χ3n) is 7.75. The van der Waals surface area contributed by atoms with E-state index < -0.39 is 28.5 Å². The number of benzene rings is 3. The van der Waals surface area contributed by atoms with Crippen molar-refractivity contribution < 1.29 is 37.0 Å². The minimum absolute atomic E-state index is 0.0881. The molecule has 2 unspecified atom stereocenters. The first kappa shape index (κ1) is 36.0. The van der Waals surface area contributed by atoms with E-state index in [1.807, 2.05) is 51.1 Å². The Balaban J connectivity index is 2.15. The van der Waals surface area contributed by atoms with Crippen LogP contribution in [0.25, 0.3) is 0 Å². The Morgan fingerprint density at radius 2 is 1.46 bits per heavy atom. The molecule has 0 saturated heterocycles. The Labute approximate surface area is 272 Å². The predicted molar refractivity (Wildman–Crippen MR) is 177 cm³/mol. The Morgan fingerprint density at radius 3 is 2.04 bits per heavy atom. The molecule has 2 atom stereocenters. The van der Waals surface area contributed by atoms with Crippen LogP contribution in [0, 0.1) is 0 Å². The third kappa shape index (κ3) is 8.63. The summed E-state index contributed by atoms with van der Waals surface area (Å²) in [6.45, 7) is 5.25. The van der Waals surface area contributed by atoms with E-state index >= 15 is 0 Å². The van der Waals surface area contributed by atoms with Crippen molar-refractivity contribution >= 4 is 27.5 Å². The monoisotopic (exact) mass is 655 g/mol. The van der Waals surface area contributed by atoms with E-state index in [1.54, 1.807) is 12.1 Å². The van der Waals surface area contributed by atoms with Crippen molar-refractivity contribution in [3.63, 3.8) is 0 Å². The van der Waals surface area contributed by atoms with E-state index in [4.69, 9.17) is 18.9 Å². The van der Waals surface area contributed by atoms with Crippen molar-refractivity contribution in [1.29, 1.82) is 0 Å². The van der Waals surface area contributed by atoms with Gasteiger partial charge in [-0.2, -0.15) is 0 Å². The van der Waals surface area contributed by atoms with Crippen LogP contribution in [-0.2, 0) is 26.0 Å². The van der Waals surface area contributed by atoms with Crippen LogP contribution in [0.1, 0.15) is 39.2 Å². The summed E-state index contributed by atoms with van der Waals surface area (Å²) in [6.07, 6.45) is 1.51. The topological polar surface area (TPSA) is 124 Å². The smallest absolute Gasteiger partial charge is 0.265 e. The van der Waals surface area contributed by atoms with Crippen molar-refractivity contribution in [3.05, 3.63) is 72.3 Å². The molecule has 0 fully saturated rings. The molecule has 0 aliphatic carbocycles. The van der Waals surface area contributed by atoms with E-state index in [9.17, 15) is 18.0 Å². The van der Waals surface area contributed by atoms with Gasteiger partial charge < -0.3 is 29.2 Å². The van der Waals surface area contributed by atoms with Crippen molar-refractivity contribution in [2.75, 3.05) is 45.8 Å². The van der Waals surface area contributed by atoms with E-state index in [-0.39, 0.29) is 40.6 Å². The number of rotatable bonds is 17. The van der Waals surface area contributed by atoms with Gasteiger partial charge in [0.15, 0.2) is 11.5 Å². The molecule has 0 aromatic heterocycles. The molecule has 46 heavy (non-hydrogen) atoms. The lowest BCUT2D eigenvalue weighted by atomic mass is 10.1. The average molecular weight is 656 g/mol. The maximum absolute atomic E-state index is 14.4. The predicted octanol–water partition coefficient (Wildman–Crippen LogP) is 4.68. The zero-order valence-electron chi connectivity index (χ0n) is 27.6. The van der Waals surface area contributed by atoms with Crippen LogP contribution in [0.15, 0.2) is 71.6 Å². The molecule has 0 heterocycles. The largest absolute Gasteiger partial charge is 0.497 e. The molecule has 11 nitrogen and oxygen atoms in total. The fraction of sp³-hybridized carbons (Fsp3) is 0.412. The van der Waals surface area contributed by atoms with Gasteiger partial charge in [-0.05, 0) is 56.0 Å². The van der Waals surface area contributed by atoms with Crippen molar-refractivity contribution in [2.24, 2.45) is 0 Å². The van der Waals surface area contributed by atoms with Gasteiger partial charge in [0.25, 0.3) is 10.0 Å². The minimum Gasteiger partial charge on any atom is -0.497 e. The molecular weight excluding hydrogens is 610 g/mol. The van der Waals surface area contributed by atoms with Gasteiger partial charge in [0.2, 0.25) is 11.8 Å². The lowest BCUT2D eigenvalue weighted by Crippen LogP contribution is -2.54. The van der Waals surface area contributed by atoms with Gasteiger partial charge in [-0.25, -0.2) is 8.42 Å². The van der Waals surface area contributed by atoms with Crippen LogP contribution in [0.2, 0.25) is 0 Å². The maximum Gasteiger partial charge on any atom is 0.265 e. The van der Waals surface area contributed by atoms with Crippen LogP contribution in [0.3, 0.4) is 0 Å². The second-order valence-corrected chi connectivity index (χ2v) is 12.5. The minimum atomic E-state index is -4.43. The number of hydrogen-bond acceptors (Lipinski definition) is 8. The molecule has 0 spiro atoms. The van der Waals surface area contributed by atoms with E-state index in [0.29, 0.717) is 30.8 Å². The first-order chi connectivity index (χ1) is 22.0. The van der Waals surface area contributed by atoms with E-state index in [1.165, 1.54) is 57.6 Å². The van der Waals surface area contributed by atoms with Crippen LogP contribution in [0.4, 0.5) is 5.69 Å². The molecule has 3 aromatic rings. The van der Waals surface area contributed by atoms with Gasteiger partial charge in [-0.1, -0.05) is 44.2 Å². The number of nitrogens with zero attached hydrogens (tertiary/aromatic N) is 2. The number of methoxy groups -OCH3 is 4. The Hall–Kier alpha value is -4.45. The lowest BCUT2D eigenvalue weighted by Gasteiger charge is -2.34. The lowest BCUT2D eigenvalue weighted by molar-refractivity contribution is -0.139. The molecule has 12 heteroatoms. The van der Waals surface area contributed by atoms with Crippen LogP contribution >= 0.6 is 0 Å². The summed E-state index contributed by atoms with van der Waals surface area (Å²) in [4.78, 5) is 29.2. The highest BCUT2D eigenvalue weighted by Crippen LogP contribution is 2.37. The average Bonchev–Trinajstić information content (AvgIpc) is 3.08. The fourth-order valence-electron chi connectivity index (χ4n) is 4.95. The highest BCUT2D eigenvalue weighted by atomic mass is 32.2. The summed E-state index contributed by atoms with van der Waals surface area (Å²) in [5.41, 5.74) is 1.06. The van der Waals surface area contributed by atoms with Crippen molar-refractivity contribution in [2.45, 2.75) is 57.0 Å². The molecule has 0 aliphatic heterocycles. The van der Waals surface area contributed by atoms with Gasteiger partial charge >= 0.3 is 0 Å². The van der Waals surface area contributed by atoms with Crippen LogP contribution in [0.5, 0.6) is 23.0 Å². The molecule has 0 radical (unpaired) electrons. The number of hydrogen-bond donors (Lipinski definition) is 1. The van der Waals surface area contributed by atoms with Crippen molar-refractivity contribution in [1.82, 2.24) is 10.2 Å². The number of amides is 2. The van der Waals surface area contributed by atoms with Gasteiger partial charge in [-0.15, -0.1) is 0 Å².